The number of anilines is 3. The number of nitro groups is 1. The third-order valence-electron chi connectivity index (χ3n) is 11.1. The fraction of sp³-hybridized carbons (Fsp3) is 0.192. The lowest BCUT2D eigenvalue weighted by Crippen LogP contribution is -2.23. The van der Waals surface area contributed by atoms with Crippen molar-refractivity contribution in [2.75, 3.05) is 16.0 Å². The van der Waals surface area contributed by atoms with Crippen LogP contribution in [0.1, 0.15) is 68.7 Å². The Labute approximate surface area is 509 Å². The van der Waals surface area contributed by atoms with Crippen LogP contribution in [0.2, 0.25) is 0 Å². The zero-order chi connectivity index (χ0) is 62.9. The zero-order valence-electron chi connectivity index (χ0n) is 45.5. The van der Waals surface area contributed by atoms with Gasteiger partial charge in [0, 0.05) is 61.1 Å². The third kappa shape index (κ3) is 17.6. The van der Waals surface area contributed by atoms with Crippen molar-refractivity contribution < 1.29 is 84.6 Å². The van der Waals surface area contributed by atoms with Crippen LogP contribution in [0.5, 0.6) is 5.75 Å². The lowest BCUT2D eigenvalue weighted by molar-refractivity contribution is -0.384. The fourth-order valence-corrected chi connectivity index (χ4v) is 13.1. The normalized spacial score (nSPS) is 11.7. The molecule has 0 unspecified atom stereocenters. The molecule has 0 aliphatic carbocycles. The van der Waals surface area contributed by atoms with E-state index in [0.29, 0.717) is 69.8 Å². The quantitative estimate of drug-likeness (QED) is 0.0292. The lowest BCUT2D eigenvalue weighted by Gasteiger charge is -2.09. The summed E-state index contributed by atoms with van der Waals surface area (Å²) < 4.78 is 137. The summed E-state index contributed by atoms with van der Waals surface area (Å²) in [6.45, 7) is 8.76. The standard InChI is InChI=1S/C18H16F3N3O4S2.C17H16N4O6S2.C17H17N3O5S2.6H2/c1-10-16(29-17(23-10)24-11(2)25)14-6-7-15(28-14)30(26,27)22-9-12-4-3-5-13(8-12)18(19,20)21;1-10-16(28-17(19-10)20-11(2)22)14-6-7-15(27-14)29(25,26)18-9-12-4-3-5-13(8-12)21(23)24;1-10-16(26-17(19-10)20-11(2)21)14-6-7-15(25-14)27(23,24)18-9-12-4-3-5-13(22)8-12;;;;;;/h3-8,22H,9H2,1-2H3,(H,23,24,25);3-8,18H,9H2,1-2H3,(H,19,20,22);3-8,18,22H,9H2,1-2H3,(H,19,20,21);6*1H. The summed E-state index contributed by atoms with van der Waals surface area (Å²) in [6, 6.07) is 24.7. The van der Waals surface area contributed by atoms with E-state index in [-0.39, 0.29) is 78.9 Å². The first-order valence-corrected chi connectivity index (χ1v) is 31.5. The molecule has 6 heterocycles. The highest BCUT2D eigenvalue weighted by atomic mass is 32.2. The number of alkyl halides is 3. The van der Waals surface area contributed by atoms with Crippen LogP contribution >= 0.6 is 34.0 Å². The van der Waals surface area contributed by atoms with E-state index in [1.807, 2.05) is 0 Å². The summed E-state index contributed by atoms with van der Waals surface area (Å²) in [7, 11) is -11.9. The van der Waals surface area contributed by atoms with E-state index in [1.165, 1.54) is 105 Å². The second kappa shape index (κ2) is 27.3. The number of halogens is 3. The summed E-state index contributed by atoms with van der Waals surface area (Å²) >= 11 is 3.48. The largest absolute Gasteiger partial charge is 0.508 e. The van der Waals surface area contributed by atoms with Crippen molar-refractivity contribution in [1.82, 2.24) is 29.1 Å². The number of aromatic hydroxyl groups is 1. The molecule has 0 fully saturated rings. The van der Waals surface area contributed by atoms with Crippen molar-refractivity contribution in [3.63, 3.8) is 0 Å². The van der Waals surface area contributed by atoms with Gasteiger partial charge in [0.05, 0.1) is 42.2 Å². The van der Waals surface area contributed by atoms with Crippen LogP contribution in [0.15, 0.2) is 138 Å². The number of phenols is 1. The molecule has 86 heavy (non-hydrogen) atoms. The topological polar surface area (TPSA) is 367 Å². The molecule has 6 aromatic heterocycles. The van der Waals surface area contributed by atoms with E-state index >= 15 is 0 Å². The summed E-state index contributed by atoms with van der Waals surface area (Å²) in [4.78, 5) is 58.1. The van der Waals surface area contributed by atoms with E-state index in [9.17, 15) is 68.0 Å². The highest BCUT2D eigenvalue weighted by Gasteiger charge is 2.31. The number of sulfonamides is 3. The molecule has 466 valence electrons. The fourth-order valence-electron chi connectivity index (χ4n) is 7.30. The monoisotopic (exact) mass is 1310 g/mol. The first-order valence-electron chi connectivity index (χ1n) is 24.6. The maximum Gasteiger partial charge on any atom is 0.416 e. The molecule has 0 saturated carbocycles. The van der Waals surface area contributed by atoms with Gasteiger partial charge in [-0.1, -0.05) is 76.5 Å². The number of nitro benzene ring substituents is 1. The molecule has 25 nitrogen and oxygen atoms in total. The second-order valence-electron chi connectivity index (χ2n) is 18.0. The lowest BCUT2D eigenvalue weighted by atomic mass is 10.1. The summed E-state index contributed by atoms with van der Waals surface area (Å²) in [5.74, 6) is 0.139. The molecule has 0 bridgehead atoms. The van der Waals surface area contributed by atoms with Crippen molar-refractivity contribution in [1.29, 1.82) is 0 Å². The number of aromatic nitrogens is 3. The minimum absolute atomic E-state index is 0. The first-order chi connectivity index (χ1) is 40.3. The van der Waals surface area contributed by atoms with Gasteiger partial charge in [-0.25, -0.2) is 54.4 Å². The molecular weight excluding hydrogens is 1250 g/mol. The van der Waals surface area contributed by atoms with Crippen LogP contribution in [0.25, 0.3) is 31.9 Å². The third-order valence-corrected chi connectivity index (χ3v) is 18.2. The number of hydrogen-bond acceptors (Lipinski definition) is 21. The second-order valence-corrected chi connectivity index (χ2v) is 26.1. The molecule has 0 radical (unpaired) electrons. The molecule has 9 rings (SSSR count). The van der Waals surface area contributed by atoms with Gasteiger partial charge in [-0.2, -0.15) is 13.2 Å². The molecule has 9 aromatic rings. The number of nitrogens with one attached hydrogen (secondary N) is 6. The first kappa shape index (κ1) is 65.1. The van der Waals surface area contributed by atoms with Gasteiger partial charge in [-0.15, -0.1) is 0 Å². The SMILES string of the molecule is CC(=O)Nc1nc(C)c(-c2ccc(S(=O)(=O)NCc3cccc(C(F)(F)F)c3)o2)s1.CC(=O)Nc1nc(C)c(-c2ccc(S(=O)(=O)NCc3cccc(O)c3)o2)s1.CC(=O)Nc1nc(C)c(-c2ccc(S(=O)(=O)NCc3cccc([N+](=O)[O-])c3)o2)s1.[HH].[HH].[HH].[HH].[HH].[HH]. The molecule has 0 aliphatic rings. The average Bonchev–Trinajstić information content (AvgIpc) is 1.68. The Hall–Kier alpha value is -8.48. The van der Waals surface area contributed by atoms with Crippen LogP contribution < -0.4 is 30.1 Å². The van der Waals surface area contributed by atoms with Gasteiger partial charge in [0.2, 0.25) is 33.0 Å². The number of hydrogen-bond donors (Lipinski definition) is 7. The van der Waals surface area contributed by atoms with Gasteiger partial charge in [-0.3, -0.25) is 24.5 Å². The maximum atomic E-state index is 12.8. The van der Waals surface area contributed by atoms with Crippen molar-refractivity contribution in [2.24, 2.45) is 0 Å². The molecule has 3 amide bonds. The number of non-ortho nitro benzene ring substituents is 1. The Morgan fingerprint density at radius 3 is 1.22 bits per heavy atom. The van der Waals surface area contributed by atoms with E-state index in [1.54, 1.807) is 45.0 Å². The van der Waals surface area contributed by atoms with Gasteiger partial charge >= 0.3 is 6.18 Å². The van der Waals surface area contributed by atoms with Crippen LogP contribution in [0, 0.1) is 30.9 Å². The van der Waals surface area contributed by atoms with Gasteiger partial charge in [0.1, 0.15) is 23.0 Å². The maximum absolute atomic E-state index is 12.8. The van der Waals surface area contributed by atoms with Crippen LogP contribution in [-0.4, -0.2) is 68.0 Å². The molecule has 34 heteroatoms. The number of carbonyl (C=O) groups excluding carboxylic acids is 3. The minimum atomic E-state index is -4.52. The zero-order valence-corrected chi connectivity index (χ0v) is 50.4. The van der Waals surface area contributed by atoms with Gasteiger partial charge < -0.3 is 34.3 Å². The highest BCUT2D eigenvalue weighted by Crippen LogP contribution is 2.38. The minimum Gasteiger partial charge on any atom is -0.508 e. The summed E-state index contributed by atoms with van der Waals surface area (Å²) in [6.07, 6.45) is -4.52. The number of aryl methyl sites for hydroxylation is 3. The molecule has 0 saturated heterocycles. The highest BCUT2D eigenvalue weighted by molar-refractivity contribution is 7.89. The van der Waals surface area contributed by atoms with Gasteiger partial charge in [-0.05, 0) is 92.1 Å². The van der Waals surface area contributed by atoms with Crippen molar-refractivity contribution in [3.05, 3.63) is 159 Å². The number of nitrogens with zero attached hydrogens (tertiary/aromatic N) is 4. The number of rotatable bonds is 19. The van der Waals surface area contributed by atoms with E-state index < -0.39 is 51.8 Å². The van der Waals surface area contributed by atoms with Gasteiger partial charge in [0.25, 0.3) is 35.8 Å². The number of carbonyl (C=O) groups is 3. The Morgan fingerprint density at radius 1 is 0.547 bits per heavy atom. The van der Waals surface area contributed by atoms with Crippen LogP contribution in [0.4, 0.5) is 34.3 Å². The molecule has 0 spiro atoms. The Morgan fingerprint density at radius 2 is 0.884 bits per heavy atom. The van der Waals surface area contributed by atoms with E-state index in [2.05, 4.69) is 45.1 Å². The van der Waals surface area contributed by atoms with Crippen molar-refractivity contribution in [3.8, 4) is 37.7 Å². The molecule has 0 aliphatic heterocycles. The molecule has 7 N–H and O–H groups in total. The Bertz CT molecular complexity index is 4350. The number of thiazole rings is 3. The number of amides is 3. The predicted molar refractivity (Wildman–Crippen MR) is 324 cm³/mol. The van der Waals surface area contributed by atoms with Crippen molar-refractivity contribution >= 4 is 103 Å². The van der Waals surface area contributed by atoms with E-state index in [0.717, 1.165) is 34.8 Å². The molecular formula is C52H61F3N10O15S6. The number of benzene rings is 3. The smallest absolute Gasteiger partial charge is 0.416 e. The summed E-state index contributed by atoms with van der Waals surface area (Å²) in [5, 5.41) is 28.2. The van der Waals surface area contributed by atoms with Crippen molar-refractivity contribution in [2.45, 2.75) is 82.6 Å². The number of phenolic OH excluding ortho intramolecular Hbond substituents is 1. The van der Waals surface area contributed by atoms with E-state index in [4.69, 9.17) is 13.3 Å². The Kier molecular flexibility index (Phi) is 20.6. The average molecular weight is 1320 g/mol. The molecule has 0 atom stereocenters. The predicted octanol–water partition coefficient (Wildman–Crippen LogP) is 11.6. The van der Waals surface area contributed by atoms with Gasteiger partial charge in [0.15, 0.2) is 15.4 Å². The molecule has 3 aromatic carbocycles. The summed E-state index contributed by atoms with van der Waals surface area (Å²) in [5.41, 5.74) is 1.96. The van der Waals surface area contributed by atoms with Crippen LogP contribution in [-0.2, 0) is 70.3 Å². The number of furan rings is 3. The van der Waals surface area contributed by atoms with Crippen LogP contribution in [0.3, 0.4) is 0 Å². The Balaban J connectivity index is 0.000000669.